The van der Waals surface area contributed by atoms with E-state index in [1.807, 2.05) is 12.1 Å². The molecular weight excluding hydrogens is 274 g/mol. The number of hydrogen-bond acceptors (Lipinski definition) is 3. The average molecular weight is 299 g/mol. The molecule has 0 spiro atoms. The summed E-state index contributed by atoms with van der Waals surface area (Å²) < 4.78 is 5.77. The Bertz CT molecular complexity index is 553. The van der Waals surface area contributed by atoms with Crippen LogP contribution in [0.5, 0.6) is 5.75 Å². The molecule has 1 heterocycles. The van der Waals surface area contributed by atoms with E-state index in [1.165, 1.54) is 0 Å². The lowest BCUT2D eigenvalue weighted by atomic mass is 10.0. The molecule has 1 aliphatic heterocycles. The zero-order valence-electron chi connectivity index (χ0n) is 13.3. The normalized spacial score (nSPS) is 23.9. The second kappa shape index (κ2) is 6.66. The standard InChI is InChI=1S/C19H25NO2/c1-15-6-2-3-7-18(20-15)16-8-10-17(11-9-16)22-14-19(21)12-4-5-13-19/h3,7-11,15,21H,2,4-6,12-14H2,1H3. The molecule has 0 aromatic heterocycles. The van der Waals surface area contributed by atoms with Gasteiger partial charge in [0.1, 0.15) is 12.4 Å². The molecule has 118 valence electrons. The minimum Gasteiger partial charge on any atom is -0.491 e. The Balaban J connectivity index is 1.65. The summed E-state index contributed by atoms with van der Waals surface area (Å²) in [5.41, 5.74) is 1.55. The van der Waals surface area contributed by atoms with Gasteiger partial charge in [0.15, 0.2) is 0 Å². The first-order valence-corrected chi connectivity index (χ1v) is 8.35. The van der Waals surface area contributed by atoms with Gasteiger partial charge in [0, 0.05) is 6.04 Å². The highest BCUT2D eigenvalue weighted by Crippen LogP contribution is 2.30. The van der Waals surface area contributed by atoms with Gasteiger partial charge in [0.05, 0.1) is 11.3 Å². The summed E-state index contributed by atoms with van der Waals surface area (Å²) >= 11 is 0. The number of allylic oxidation sites excluding steroid dienone is 2. The highest BCUT2D eigenvalue weighted by Gasteiger charge is 2.31. The molecule has 3 rings (SSSR count). The van der Waals surface area contributed by atoms with Gasteiger partial charge in [-0.3, -0.25) is 4.99 Å². The highest BCUT2D eigenvalue weighted by atomic mass is 16.5. The molecule has 1 aromatic rings. The van der Waals surface area contributed by atoms with E-state index in [0.717, 1.165) is 55.5 Å². The average Bonchev–Trinajstić information content (AvgIpc) is 2.84. The summed E-state index contributed by atoms with van der Waals surface area (Å²) in [6, 6.07) is 8.42. The van der Waals surface area contributed by atoms with Crippen LogP contribution < -0.4 is 4.74 Å². The molecule has 0 amide bonds. The number of aliphatic imine (C=N–C) groups is 1. The second-order valence-electron chi connectivity index (χ2n) is 6.59. The predicted molar refractivity (Wildman–Crippen MR) is 89.7 cm³/mol. The van der Waals surface area contributed by atoms with E-state index >= 15 is 0 Å². The fourth-order valence-electron chi connectivity index (χ4n) is 3.17. The minimum atomic E-state index is -0.623. The molecule has 0 radical (unpaired) electrons. The van der Waals surface area contributed by atoms with Crippen molar-refractivity contribution in [1.29, 1.82) is 0 Å². The van der Waals surface area contributed by atoms with Crippen LogP contribution in [0.4, 0.5) is 0 Å². The lowest BCUT2D eigenvalue weighted by molar-refractivity contribution is 0.00141. The molecule has 3 heteroatoms. The van der Waals surface area contributed by atoms with Crippen molar-refractivity contribution >= 4 is 5.71 Å². The van der Waals surface area contributed by atoms with Gasteiger partial charge < -0.3 is 9.84 Å². The number of aliphatic hydroxyl groups is 1. The van der Waals surface area contributed by atoms with Crippen molar-refractivity contribution < 1.29 is 9.84 Å². The van der Waals surface area contributed by atoms with E-state index < -0.39 is 5.60 Å². The lowest BCUT2D eigenvalue weighted by Crippen LogP contribution is -2.32. The van der Waals surface area contributed by atoms with Gasteiger partial charge in [-0.1, -0.05) is 18.9 Å². The molecule has 2 aliphatic rings. The van der Waals surface area contributed by atoms with Gasteiger partial charge >= 0.3 is 0 Å². The Morgan fingerprint density at radius 3 is 2.68 bits per heavy atom. The molecule has 1 aromatic carbocycles. The lowest BCUT2D eigenvalue weighted by Gasteiger charge is -2.22. The van der Waals surface area contributed by atoms with Crippen LogP contribution in [0, 0.1) is 0 Å². The fraction of sp³-hybridized carbons (Fsp3) is 0.526. The second-order valence-corrected chi connectivity index (χ2v) is 6.59. The molecule has 22 heavy (non-hydrogen) atoms. The molecule has 1 fully saturated rings. The fourth-order valence-corrected chi connectivity index (χ4v) is 3.17. The van der Waals surface area contributed by atoms with Crippen LogP contribution in [0.3, 0.4) is 0 Å². The number of benzene rings is 1. The third-order valence-electron chi connectivity index (χ3n) is 4.58. The Morgan fingerprint density at radius 2 is 1.95 bits per heavy atom. The molecular formula is C19H25NO2. The van der Waals surface area contributed by atoms with Crippen LogP contribution in [-0.2, 0) is 0 Å². The van der Waals surface area contributed by atoms with Gasteiger partial charge in [0.2, 0.25) is 0 Å². The molecule has 1 unspecified atom stereocenters. The van der Waals surface area contributed by atoms with Crippen molar-refractivity contribution in [2.45, 2.75) is 57.1 Å². The smallest absolute Gasteiger partial charge is 0.119 e. The Morgan fingerprint density at radius 1 is 1.23 bits per heavy atom. The largest absolute Gasteiger partial charge is 0.491 e. The molecule has 1 N–H and O–H groups in total. The maximum absolute atomic E-state index is 10.3. The van der Waals surface area contributed by atoms with Crippen molar-refractivity contribution in [2.75, 3.05) is 6.61 Å². The molecule has 1 atom stereocenters. The summed E-state index contributed by atoms with van der Waals surface area (Å²) in [6.45, 7) is 2.55. The van der Waals surface area contributed by atoms with Crippen molar-refractivity contribution in [3.8, 4) is 5.75 Å². The first-order chi connectivity index (χ1) is 10.6. The summed E-state index contributed by atoms with van der Waals surface area (Å²) in [4.78, 5) is 4.74. The number of rotatable bonds is 4. The van der Waals surface area contributed by atoms with E-state index in [1.54, 1.807) is 0 Å². The van der Waals surface area contributed by atoms with Crippen LogP contribution >= 0.6 is 0 Å². The number of nitrogens with zero attached hydrogens (tertiary/aromatic N) is 1. The van der Waals surface area contributed by atoms with E-state index in [4.69, 9.17) is 9.73 Å². The van der Waals surface area contributed by atoms with E-state index in [9.17, 15) is 5.11 Å². The van der Waals surface area contributed by atoms with Crippen LogP contribution in [0.2, 0.25) is 0 Å². The third kappa shape index (κ3) is 3.77. The topological polar surface area (TPSA) is 41.8 Å². The number of hydrogen-bond donors (Lipinski definition) is 1. The van der Waals surface area contributed by atoms with Crippen LogP contribution in [0.15, 0.2) is 41.4 Å². The van der Waals surface area contributed by atoms with Gasteiger partial charge in [-0.05, 0) is 68.5 Å². The van der Waals surface area contributed by atoms with Gasteiger partial charge in [-0.2, -0.15) is 0 Å². The van der Waals surface area contributed by atoms with Gasteiger partial charge in [-0.25, -0.2) is 0 Å². The van der Waals surface area contributed by atoms with E-state index in [2.05, 4.69) is 31.2 Å². The third-order valence-corrected chi connectivity index (χ3v) is 4.58. The van der Waals surface area contributed by atoms with Gasteiger partial charge in [-0.15, -0.1) is 0 Å². The summed E-state index contributed by atoms with van der Waals surface area (Å²) in [5, 5.41) is 10.3. The Labute approximate surface area is 132 Å². The van der Waals surface area contributed by atoms with Crippen LogP contribution in [0.25, 0.3) is 0 Å². The zero-order valence-corrected chi connectivity index (χ0v) is 13.3. The quantitative estimate of drug-likeness (QED) is 0.916. The molecule has 3 nitrogen and oxygen atoms in total. The summed E-state index contributed by atoms with van der Waals surface area (Å²) in [7, 11) is 0. The zero-order chi connectivity index (χ0) is 15.4. The Hall–Kier alpha value is -1.61. The molecule has 1 aliphatic carbocycles. The van der Waals surface area contributed by atoms with Gasteiger partial charge in [0.25, 0.3) is 0 Å². The highest BCUT2D eigenvalue weighted by molar-refractivity contribution is 6.08. The molecule has 1 saturated carbocycles. The van der Waals surface area contributed by atoms with Crippen LogP contribution in [0.1, 0.15) is 51.0 Å². The SMILES string of the molecule is CC1CCC=CC(c2ccc(OCC3(O)CCCC3)cc2)=N1. The minimum absolute atomic E-state index is 0.373. The van der Waals surface area contributed by atoms with Crippen molar-refractivity contribution in [2.24, 2.45) is 4.99 Å². The van der Waals surface area contributed by atoms with Crippen molar-refractivity contribution in [3.63, 3.8) is 0 Å². The maximum Gasteiger partial charge on any atom is 0.119 e. The monoisotopic (exact) mass is 299 g/mol. The summed E-state index contributed by atoms with van der Waals surface area (Å²) in [5.74, 6) is 0.815. The predicted octanol–water partition coefficient (Wildman–Crippen LogP) is 3.90. The molecule has 0 saturated heterocycles. The molecule has 0 bridgehead atoms. The van der Waals surface area contributed by atoms with Crippen molar-refractivity contribution in [3.05, 3.63) is 42.0 Å². The first kappa shape index (κ1) is 15.3. The van der Waals surface area contributed by atoms with Crippen molar-refractivity contribution in [1.82, 2.24) is 0 Å². The first-order valence-electron chi connectivity index (χ1n) is 8.35. The van der Waals surface area contributed by atoms with Crippen LogP contribution in [-0.4, -0.2) is 29.1 Å². The number of ether oxygens (including phenoxy) is 1. The van der Waals surface area contributed by atoms with E-state index in [0.29, 0.717) is 12.6 Å². The van der Waals surface area contributed by atoms with E-state index in [-0.39, 0.29) is 0 Å². The maximum atomic E-state index is 10.3. The summed E-state index contributed by atoms with van der Waals surface area (Å²) in [6.07, 6.45) is 10.4. The Kier molecular flexibility index (Phi) is 4.63.